The molecule has 6 heteroatoms. The molecule has 138 valence electrons. The lowest BCUT2D eigenvalue weighted by Crippen LogP contribution is -2.25. The number of hydrogen-bond donors (Lipinski definition) is 0. The van der Waals surface area contributed by atoms with E-state index in [1.54, 1.807) is 12.3 Å². The van der Waals surface area contributed by atoms with Gasteiger partial charge in [0.1, 0.15) is 0 Å². The van der Waals surface area contributed by atoms with Crippen LogP contribution in [0.5, 0.6) is 0 Å². The van der Waals surface area contributed by atoms with E-state index in [0.717, 1.165) is 25.8 Å². The summed E-state index contributed by atoms with van der Waals surface area (Å²) in [5.74, 6) is -0.214. The van der Waals surface area contributed by atoms with E-state index in [2.05, 4.69) is 26.0 Å². The third-order valence-corrected chi connectivity index (χ3v) is 5.59. The van der Waals surface area contributed by atoms with Crippen molar-refractivity contribution >= 4 is 54.7 Å². The summed E-state index contributed by atoms with van der Waals surface area (Å²) in [6.45, 7) is 1.96. The first-order chi connectivity index (χ1) is 13.6. The molecule has 4 aromatic rings. The van der Waals surface area contributed by atoms with Crippen molar-refractivity contribution in [2.45, 2.75) is 6.92 Å². The van der Waals surface area contributed by atoms with Crippen molar-refractivity contribution in [1.29, 1.82) is 0 Å². The lowest BCUT2D eigenvalue weighted by molar-refractivity contribution is 0.0988. The summed E-state index contributed by atoms with van der Waals surface area (Å²) in [6, 6.07) is 23.0. The minimum absolute atomic E-state index is 0.214. The average Bonchev–Trinajstić information content (AvgIpc) is 3.11. The number of fused-ring (bicyclic) bond motifs is 1. The molecule has 0 unspecified atom stereocenters. The zero-order valence-corrected chi connectivity index (χ0v) is 17.4. The molecule has 0 atom stereocenters. The number of rotatable bonds is 4. The summed E-state index contributed by atoms with van der Waals surface area (Å²) >= 11 is 4.91. The highest BCUT2D eigenvalue weighted by Gasteiger charge is 2.21. The van der Waals surface area contributed by atoms with Crippen LogP contribution < -0.4 is 5.01 Å². The molecule has 1 amide bonds. The second kappa shape index (κ2) is 8.04. The Morgan fingerprint density at radius 1 is 1.07 bits per heavy atom. The van der Waals surface area contributed by atoms with Gasteiger partial charge in [-0.1, -0.05) is 75.3 Å². The molecule has 0 N–H and O–H groups in total. The van der Waals surface area contributed by atoms with E-state index in [9.17, 15) is 4.79 Å². The second-order valence-electron chi connectivity index (χ2n) is 6.25. The van der Waals surface area contributed by atoms with Gasteiger partial charge in [-0.2, -0.15) is 10.1 Å². The summed E-state index contributed by atoms with van der Waals surface area (Å²) in [5, 5.41) is 6.39. The molecule has 1 aromatic heterocycles. The number of hydrazone groups is 1. The first-order valence-corrected chi connectivity index (χ1v) is 10.3. The van der Waals surface area contributed by atoms with Crippen molar-refractivity contribution < 1.29 is 4.79 Å². The number of anilines is 1. The van der Waals surface area contributed by atoms with Crippen molar-refractivity contribution in [2.75, 3.05) is 5.01 Å². The lowest BCUT2D eigenvalue weighted by atomic mass is 10.1. The van der Waals surface area contributed by atoms with E-state index >= 15 is 0 Å². The smallest absolute Gasteiger partial charge is 0.267 e. The Balaban J connectivity index is 1.77. The summed E-state index contributed by atoms with van der Waals surface area (Å²) < 4.78 is 1.96. The lowest BCUT2D eigenvalue weighted by Gasteiger charge is -2.14. The molecule has 0 aliphatic heterocycles. The van der Waals surface area contributed by atoms with Crippen LogP contribution >= 0.6 is 27.3 Å². The van der Waals surface area contributed by atoms with Gasteiger partial charge in [0.2, 0.25) is 5.13 Å². The summed E-state index contributed by atoms with van der Waals surface area (Å²) in [7, 11) is 0. The van der Waals surface area contributed by atoms with E-state index in [1.807, 2.05) is 73.7 Å². The number of aryl methyl sites for hydroxylation is 1. The molecular formula is C22H16BrN3OS. The van der Waals surface area contributed by atoms with Gasteiger partial charge in [0.25, 0.3) is 5.91 Å². The Hall–Kier alpha value is -2.83. The van der Waals surface area contributed by atoms with Gasteiger partial charge in [-0.05, 0) is 42.8 Å². The van der Waals surface area contributed by atoms with Crippen LogP contribution in [0.25, 0.3) is 10.2 Å². The van der Waals surface area contributed by atoms with Gasteiger partial charge in [0, 0.05) is 10.0 Å². The van der Waals surface area contributed by atoms with Gasteiger partial charge in [0.05, 0.1) is 16.4 Å². The maximum Gasteiger partial charge on any atom is 0.280 e. The zero-order chi connectivity index (χ0) is 19.5. The van der Waals surface area contributed by atoms with E-state index in [-0.39, 0.29) is 5.91 Å². The van der Waals surface area contributed by atoms with E-state index < -0.39 is 0 Å². The first-order valence-electron chi connectivity index (χ1n) is 8.66. The Kier molecular flexibility index (Phi) is 5.32. The molecule has 0 radical (unpaired) electrons. The van der Waals surface area contributed by atoms with Crippen molar-refractivity contribution in [3.8, 4) is 0 Å². The van der Waals surface area contributed by atoms with Crippen LogP contribution in [0.1, 0.15) is 21.5 Å². The highest BCUT2D eigenvalue weighted by Crippen LogP contribution is 2.32. The van der Waals surface area contributed by atoms with Gasteiger partial charge in [-0.25, -0.2) is 4.98 Å². The third kappa shape index (κ3) is 4.03. The molecule has 0 saturated carbocycles. The standard InChI is InChI=1S/C22H16BrN3OS/c1-15-6-5-9-17(12-15)21(27)26(24-14-16-7-3-2-4-8-16)22-25-19-11-10-18(23)13-20(19)28-22/h2-14H,1H3/b24-14+. The van der Waals surface area contributed by atoms with Crippen molar-refractivity contribution in [3.05, 3.63) is 94.0 Å². The molecule has 0 aliphatic rings. The Morgan fingerprint density at radius 2 is 1.89 bits per heavy atom. The number of aromatic nitrogens is 1. The Bertz CT molecular complexity index is 1170. The molecule has 4 nitrogen and oxygen atoms in total. The highest BCUT2D eigenvalue weighted by atomic mass is 79.9. The minimum atomic E-state index is -0.214. The SMILES string of the molecule is Cc1cccc(C(=O)N(/N=C/c2ccccc2)c2nc3ccc(Br)cc3s2)c1. The van der Waals surface area contributed by atoms with Crippen LogP contribution in [0, 0.1) is 6.92 Å². The number of carbonyl (C=O) groups excluding carboxylic acids is 1. The number of amides is 1. The fraction of sp³-hybridized carbons (Fsp3) is 0.0455. The van der Waals surface area contributed by atoms with E-state index in [4.69, 9.17) is 0 Å². The molecule has 4 rings (SSSR count). The average molecular weight is 450 g/mol. The van der Waals surface area contributed by atoms with Gasteiger partial charge in [-0.15, -0.1) is 0 Å². The number of nitrogens with zero attached hydrogens (tertiary/aromatic N) is 3. The number of carbonyl (C=O) groups is 1. The highest BCUT2D eigenvalue weighted by molar-refractivity contribution is 9.10. The second-order valence-corrected chi connectivity index (χ2v) is 8.17. The monoisotopic (exact) mass is 449 g/mol. The summed E-state index contributed by atoms with van der Waals surface area (Å²) in [4.78, 5) is 17.9. The van der Waals surface area contributed by atoms with Crippen molar-refractivity contribution in [3.63, 3.8) is 0 Å². The third-order valence-electron chi connectivity index (χ3n) is 4.10. The van der Waals surface area contributed by atoms with Gasteiger partial charge < -0.3 is 0 Å². The Morgan fingerprint density at radius 3 is 2.68 bits per heavy atom. The molecule has 0 aliphatic carbocycles. The van der Waals surface area contributed by atoms with Crippen LogP contribution in [0.2, 0.25) is 0 Å². The largest absolute Gasteiger partial charge is 0.280 e. The normalized spacial score (nSPS) is 11.2. The molecule has 1 heterocycles. The number of benzene rings is 3. The summed E-state index contributed by atoms with van der Waals surface area (Å²) in [5.41, 5.74) is 3.34. The maximum absolute atomic E-state index is 13.2. The fourth-order valence-electron chi connectivity index (χ4n) is 2.73. The van der Waals surface area contributed by atoms with Crippen LogP contribution in [-0.4, -0.2) is 17.1 Å². The van der Waals surface area contributed by atoms with Crippen LogP contribution in [0.15, 0.2) is 82.4 Å². The molecule has 3 aromatic carbocycles. The summed E-state index contributed by atoms with van der Waals surface area (Å²) in [6.07, 6.45) is 1.68. The van der Waals surface area contributed by atoms with Gasteiger partial charge >= 0.3 is 0 Å². The first kappa shape index (κ1) is 18.5. The number of hydrogen-bond acceptors (Lipinski definition) is 4. The minimum Gasteiger partial charge on any atom is -0.267 e. The van der Waals surface area contributed by atoms with Crippen molar-refractivity contribution in [1.82, 2.24) is 4.98 Å². The maximum atomic E-state index is 13.2. The van der Waals surface area contributed by atoms with Crippen LogP contribution in [0.3, 0.4) is 0 Å². The van der Waals surface area contributed by atoms with E-state index in [0.29, 0.717) is 10.7 Å². The molecule has 0 saturated heterocycles. The van der Waals surface area contributed by atoms with Crippen LogP contribution in [0.4, 0.5) is 5.13 Å². The zero-order valence-electron chi connectivity index (χ0n) is 15.0. The number of thiazole rings is 1. The topological polar surface area (TPSA) is 45.6 Å². The van der Waals surface area contributed by atoms with Crippen LogP contribution in [-0.2, 0) is 0 Å². The molecule has 28 heavy (non-hydrogen) atoms. The number of halogens is 1. The molecule has 0 bridgehead atoms. The predicted molar refractivity (Wildman–Crippen MR) is 119 cm³/mol. The molecule has 0 fully saturated rings. The molecule has 0 spiro atoms. The molecular weight excluding hydrogens is 434 g/mol. The van der Waals surface area contributed by atoms with Gasteiger partial charge in [-0.3, -0.25) is 4.79 Å². The van der Waals surface area contributed by atoms with Gasteiger partial charge in [0.15, 0.2) is 0 Å². The van der Waals surface area contributed by atoms with E-state index in [1.165, 1.54) is 16.3 Å². The fourth-order valence-corrected chi connectivity index (χ4v) is 4.20. The Labute approximate surface area is 175 Å². The quantitative estimate of drug-likeness (QED) is 0.281. The predicted octanol–water partition coefficient (Wildman–Crippen LogP) is 6.05. The van der Waals surface area contributed by atoms with Crippen molar-refractivity contribution in [2.24, 2.45) is 5.10 Å².